The average Bonchev–Trinajstić information content (AvgIpc) is 2.65. The molecule has 27 heavy (non-hydrogen) atoms. The van der Waals surface area contributed by atoms with E-state index in [2.05, 4.69) is 5.32 Å². The van der Waals surface area contributed by atoms with E-state index in [0.29, 0.717) is 19.5 Å². The Bertz CT molecular complexity index is 929. The molecule has 0 spiro atoms. The summed E-state index contributed by atoms with van der Waals surface area (Å²) >= 11 is 5.85. The second kappa shape index (κ2) is 8.37. The highest BCUT2D eigenvalue weighted by Crippen LogP contribution is 2.21. The number of benzene rings is 2. The SMILES string of the molecule is O=C(NCCCS(=O)(=O)N1CCc2ccccc2C1)c1c(F)cccc1Cl. The third kappa shape index (κ3) is 4.66. The van der Waals surface area contributed by atoms with E-state index >= 15 is 0 Å². The molecule has 1 aliphatic rings. The molecule has 1 amide bonds. The number of fused-ring (bicyclic) bond motifs is 1. The molecule has 0 aliphatic carbocycles. The number of carbonyl (C=O) groups is 1. The Hall–Kier alpha value is -1.96. The lowest BCUT2D eigenvalue weighted by molar-refractivity contribution is 0.0949. The van der Waals surface area contributed by atoms with E-state index in [9.17, 15) is 17.6 Å². The molecule has 0 bridgehead atoms. The fourth-order valence-electron chi connectivity index (χ4n) is 3.10. The zero-order valence-corrected chi connectivity index (χ0v) is 16.2. The zero-order valence-electron chi connectivity index (χ0n) is 14.6. The van der Waals surface area contributed by atoms with Crippen LogP contribution in [0, 0.1) is 5.82 Å². The van der Waals surface area contributed by atoms with Crippen molar-refractivity contribution in [3.05, 3.63) is 70.0 Å². The fourth-order valence-corrected chi connectivity index (χ4v) is 4.82. The molecular weight excluding hydrogens is 391 g/mol. The van der Waals surface area contributed by atoms with Gasteiger partial charge in [-0.05, 0) is 36.1 Å². The number of nitrogens with zero attached hydrogens (tertiary/aromatic N) is 1. The molecule has 0 saturated carbocycles. The third-order valence-electron chi connectivity index (χ3n) is 4.54. The lowest BCUT2D eigenvalue weighted by atomic mass is 10.0. The summed E-state index contributed by atoms with van der Waals surface area (Å²) in [5.74, 6) is -1.44. The smallest absolute Gasteiger partial charge is 0.255 e. The quantitative estimate of drug-likeness (QED) is 0.744. The Morgan fingerprint density at radius 3 is 2.63 bits per heavy atom. The van der Waals surface area contributed by atoms with Crippen LogP contribution >= 0.6 is 11.6 Å². The van der Waals surface area contributed by atoms with Gasteiger partial charge < -0.3 is 5.32 Å². The topological polar surface area (TPSA) is 66.5 Å². The molecule has 5 nitrogen and oxygen atoms in total. The van der Waals surface area contributed by atoms with Crippen molar-refractivity contribution in [3.63, 3.8) is 0 Å². The Morgan fingerprint density at radius 2 is 1.89 bits per heavy atom. The summed E-state index contributed by atoms with van der Waals surface area (Å²) < 4.78 is 40.3. The Labute approximate surface area is 163 Å². The largest absolute Gasteiger partial charge is 0.352 e. The highest BCUT2D eigenvalue weighted by molar-refractivity contribution is 7.89. The molecule has 0 atom stereocenters. The molecule has 0 fully saturated rings. The number of rotatable bonds is 6. The summed E-state index contributed by atoms with van der Waals surface area (Å²) in [6, 6.07) is 11.8. The molecule has 0 saturated heterocycles. The van der Waals surface area contributed by atoms with Gasteiger partial charge in [-0.15, -0.1) is 0 Å². The van der Waals surface area contributed by atoms with Crippen LogP contribution in [0.15, 0.2) is 42.5 Å². The van der Waals surface area contributed by atoms with Crippen LogP contribution in [0.25, 0.3) is 0 Å². The molecule has 8 heteroatoms. The summed E-state index contributed by atoms with van der Waals surface area (Å²) in [4.78, 5) is 12.1. The first kappa shape index (κ1) is 19.8. The maximum absolute atomic E-state index is 13.7. The second-order valence-corrected chi connectivity index (χ2v) is 8.87. The molecule has 3 rings (SSSR count). The van der Waals surface area contributed by atoms with Crippen molar-refractivity contribution in [3.8, 4) is 0 Å². The molecule has 0 aromatic heterocycles. The van der Waals surface area contributed by atoms with Gasteiger partial charge in [0, 0.05) is 19.6 Å². The lowest BCUT2D eigenvalue weighted by Crippen LogP contribution is -2.38. The first-order valence-electron chi connectivity index (χ1n) is 8.65. The van der Waals surface area contributed by atoms with Gasteiger partial charge in [0.15, 0.2) is 0 Å². The summed E-state index contributed by atoms with van der Waals surface area (Å²) in [5.41, 5.74) is 1.97. The molecule has 0 radical (unpaired) electrons. The average molecular weight is 411 g/mol. The van der Waals surface area contributed by atoms with Gasteiger partial charge in [0.1, 0.15) is 5.82 Å². The van der Waals surface area contributed by atoms with Gasteiger partial charge in [-0.25, -0.2) is 12.8 Å². The lowest BCUT2D eigenvalue weighted by Gasteiger charge is -2.28. The Kier molecular flexibility index (Phi) is 6.14. The van der Waals surface area contributed by atoms with Crippen LogP contribution in [0.2, 0.25) is 5.02 Å². The summed E-state index contributed by atoms with van der Waals surface area (Å²) in [6.07, 6.45) is 0.927. The number of sulfonamides is 1. The predicted octanol–water partition coefficient (Wildman–Crippen LogP) is 2.99. The van der Waals surface area contributed by atoms with Crippen LogP contribution in [0.4, 0.5) is 4.39 Å². The maximum Gasteiger partial charge on any atom is 0.255 e. The number of halogens is 2. The van der Waals surface area contributed by atoms with Crippen molar-refractivity contribution >= 4 is 27.5 Å². The van der Waals surface area contributed by atoms with Gasteiger partial charge in [0.2, 0.25) is 10.0 Å². The first-order valence-corrected chi connectivity index (χ1v) is 10.6. The second-order valence-electron chi connectivity index (χ2n) is 6.37. The zero-order chi connectivity index (χ0) is 19.4. The molecule has 2 aromatic rings. The predicted molar refractivity (Wildman–Crippen MR) is 103 cm³/mol. The van der Waals surface area contributed by atoms with Crippen LogP contribution < -0.4 is 5.32 Å². The van der Waals surface area contributed by atoms with E-state index < -0.39 is 21.7 Å². The fraction of sp³-hybridized carbons (Fsp3) is 0.316. The molecule has 1 heterocycles. The summed E-state index contributed by atoms with van der Waals surface area (Å²) in [5, 5.41) is 2.55. The van der Waals surface area contributed by atoms with Crippen molar-refractivity contribution in [1.29, 1.82) is 0 Å². The highest BCUT2D eigenvalue weighted by atomic mass is 35.5. The standard InChI is InChI=1S/C19H20ClFN2O3S/c20-16-7-3-8-17(21)18(16)19(24)22-10-4-12-27(25,26)23-11-9-14-5-1-2-6-15(14)13-23/h1-3,5-8H,4,9-13H2,(H,22,24). The van der Waals surface area contributed by atoms with E-state index in [4.69, 9.17) is 11.6 Å². The number of nitrogens with one attached hydrogen (secondary N) is 1. The first-order chi connectivity index (χ1) is 12.9. The van der Waals surface area contributed by atoms with Crippen molar-refractivity contribution in [2.24, 2.45) is 0 Å². The van der Waals surface area contributed by atoms with E-state index in [-0.39, 0.29) is 29.3 Å². The van der Waals surface area contributed by atoms with Crippen LogP contribution in [0.3, 0.4) is 0 Å². The molecule has 1 N–H and O–H groups in total. The number of hydrogen-bond acceptors (Lipinski definition) is 3. The molecular formula is C19H20ClFN2O3S. The van der Waals surface area contributed by atoms with Crippen LogP contribution in [-0.2, 0) is 23.0 Å². The minimum atomic E-state index is -3.42. The van der Waals surface area contributed by atoms with Gasteiger partial charge in [-0.3, -0.25) is 4.79 Å². The van der Waals surface area contributed by atoms with Gasteiger partial charge in [-0.2, -0.15) is 4.31 Å². The van der Waals surface area contributed by atoms with Gasteiger partial charge in [0.05, 0.1) is 16.3 Å². The number of carbonyl (C=O) groups excluding carboxylic acids is 1. The number of amides is 1. The summed E-state index contributed by atoms with van der Waals surface area (Å²) in [7, 11) is -3.42. The maximum atomic E-state index is 13.7. The summed E-state index contributed by atoms with van der Waals surface area (Å²) in [6.45, 7) is 0.944. The van der Waals surface area contributed by atoms with E-state index in [1.54, 1.807) is 0 Å². The molecule has 144 valence electrons. The van der Waals surface area contributed by atoms with E-state index in [0.717, 1.165) is 11.6 Å². The monoisotopic (exact) mass is 410 g/mol. The van der Waals surface area contributed by atoms with Crippen molar-refractivity contribution in [2.45, 2.75) is 19.4 Å². The van der Waals surface area contributed by atoms with Crippen molar-refractivity contribution in [1.82, 2.24) is 9.62 Å². The van der Waals surface area contributed by atoms with E-state index in [1.165, 1.54) is 22.0 Å². The van der Waals surface area contributed by atoms with Crippen LogP contribution in [0.1, 0.15) is 27.9 Å². The van der Waals surface area contributed by atoms with Gasteiger partial charge >= 0.3 is 0 Å². The minimum absolute atomic E-state index is 0.0205. The number of hydrogen-bond donors (Lipinski definition) is 1. The van der Waals surface area contributed by atoms with Gasteiger partial charge in [0.25, 0.3) is 5.91 Å². The normalized spacial score (nSPS) is 14.6. The van der Waals surface area contributed by atoms with Gasteiger partial charge in [-0.1, -0.05) is 41.9 Å². The van der Waals surface area contributed by atoms with Crippen molar-refractivity contribution < 1.29 is 17.6 Å². The molecule has 0 unspecified atom stereocenters. The Morgan fingerprint density at radius 1 is 1.15 bits per heavy atom. The molecule has 1 aliphatic heterocycles. The van der Waals surface area contributed by atoms with E-state index in [1.807, 2.05) is 24.3 Å². The van der Waals surface area contributed by atoms with Crippen LogP contribution in [-0.4, -0.2) is 37.5 Å². The third-order valence-corrected chi connectivity index (χ3v) is 6.76. The highest BCUT2D eigenvalue weighted by Gasteiger charge is 2.26. The minimum Gasteiger partial charge on any atom is -0.352 e. The van der Waals surface area contributed by atoms with Crippen molar-refractivity contribution in [2.75, 3.05) is 18.8 Å². The van der Waals surface area contributed by atoms with Crippen LogP contribution in [0.5, 0.6) is 0 Å². The molecule has 2 aromatic carbocycles. The Balaban J connectivity index is 1.52.